The van der Waals surface area contributed by atoms with Gasteiger partial charge in [-0.25, -0.2) is 0 Å². The van der Waals surface area contributed by atoms with Gasteiger partial charge in [0.2, 0.25) is 11.7 Å². The Labute approximate surface area is 142 Å². The van der Waals surface area contributed by atoms with Gasteiger partial charge < -0.3 is 10.3 Å². The van der Waals surface area contributed by atoms with Gasteiger partial charge >= 0.3 is 0 Å². The van der Waals surface area contributed by atoms with Crippen LogP contribution in [0.4, 0.5) is 0 Å². The highest BCUT2D eigenvalue weighted by Crippen LogP contribution is 2.17. The fraction of sp³-hybridized carbons (Fsp3) is 0.263. The second-order valence-corrected chi connectivity index (χ2v) is 5.86. The number of benzene rings is 2. The van der Waals surface area contributed by atoms with Crippen LogP contribution >= 0.6 is 0 Å². The summed E-state index contributed by atoms with van der Waals surface area (Å²) in [6, 6.07) is 18.4. The van der Waals surface area contributed by atoms with E-state index >= 15 is 0 Å². The smallest absolute Gasteiger partial charge is 0.241 e. The number of rotatable bonds is 7. The van der Waals surface area contributed by atoms with Gasteiger partial charge in [-0.15, -0.1) is 0 Å². The zero-order valence-electron chi connectivity index (χ0n) is 13.9. The lowest BCUT2D eigenvalue weighted by Crippen LogP contribution is -2.28. The van der Waals surface area contributed by atoms with E-state index in [4.69, 9.17) is 10.3 Å². The first-order chi connectivity index (χ1) is 11.7. The molecular formula is C19H22N4O. The molecule has 124 valence electrons. The molecule has 5 nitrogen and oxygen atoms in total. The largest absolute Gasteiger partial charge is 0.338 e. The Morgan fingerprint density at radius 2 is 1.75 bits per heavy atom. The lowest BCUT2D eigenvalue weighted by atomic mass is 10.1. The van der Waals surface area contributed by atoms with Crippen molar-refractivity contribution in [3.63, 3.8) is 0 Å². The molecule has 2 aromatic carbocycles. The first kappa shape index (κ1) is 16.4. The van der Waals surface area contributed by atoms with Crippen molar-refractivity contribution < 1.29 is 4.52 Å². The Hall–Kier alpha value is -2.50. The molecule has 0 bridgehead atoms. The van der Waals surface area contributed by atoms with Gasteiger partial charge in [0.25, 0.3) is 0 Å². The van der Waals surface area contributed by atoms with Crippen LogP contribution in [0, 0.1) is 6.92 Å². The first-order valence-corrected chi connectivity index (χ1v) is 8.10. The number of aromatic nitrogens is 2. The molecule has 0 unspecified atom stereocenters. The van der Waals surface area contributed by atoms with Crippen LogP contribution in [0.25, 0.3) is 11.4 Å². The molecule has 2 N–H and O–H groups in total. The Bertz CT molecular complexity index is 753. The number of hydrogen-bond donors (Lipinski definition) is 1. The molecule has 0 aliphatic rings. The Morgan fingerprint density at radius 3 is 2.46 bits per heavy atom. The molecule has 0 fully saturated rings. The maximum atomic E-state index is 5.74. The predicted octanol–water partition coefficient (Wildman–Crippen LogP) is 3.01. The van der Waals surface area contributed by atoms with Crippen LogP contribution in [0.2, 0.25) is 0 Å². The summed E-state index contributed by atoms with van der Waals surface area (Å²) in [5.41, 5.74) is 9.15. The van der Waals surface area contributed by atoms with E-state index in [0.717, 1.165) is 18.7 Å². The van der Waals surface area contributed by atoms with E-state index in [1.165, 1.54) is 11.1 Å². The molecule has 0 amide bonds. The number of nitrogens with zero attached hydrogens (tertiary/aromatic N) is 3. The summed E-state index contributed by atoms with van der Waals surface area (Å²) >= 11 is 0. The summed E-state index contributed by atoms with van der Waals surface area (Å²) in [5.74, 6) is 1.23. The van der Waals surface area contributed by atoms with Crippen molar-refractivity contribution in [1.82, 2.24) is 15.0 Å². The lowest BCUT2D eigenvalue weighted by Gasteiger charge is -2.19. The van der Waals surface area contributed by atoms with Crippen molar-refractivity contribution in [3.8, 4) is 11.4 Å². The molecule has 5 heteroatoms. The average molecular weight is 322 g/mol. The molecule has 0 spiro atoms. The number of nitrogens with two attached hydrogens (primary N) is 1. The van der Waals surface area contributed by atoms with Gasteiger partial charge in [-0.05, 0) is 12.5 Å². The van der Waals surface area contributed by atoms with Gasteiger partial charge in [0.1, 0.15) is 0 Å². The van der Waals surface area contributed by atoms with Crippen molar-refractivity contribution in [1.29, 1.82) is 0 Å². The van der Waals surface area contributed by atoms with E-state index in [1.807, 2.05) is 42.5 Å². The summed E-state index contributed by atoms with van der Waals surface area (Å²) < 4.78 is 5.42. The second kappa shape index (κ2) is 7.86. The molecule has 0 saturated carbocycles. The molecule has 0 atom stereocenters. The summed E-state index contributed by atoms with van der Waals surface area (Å²) in [6.07, 6.45) is 0. The third kappa shape index (κ3) is 4.28. The zero-order chi connectivity index (χ0) is 16.8. The Morgan fingerprint density at radius 1 is 1.00 bits per heavy atom. The van der Waals surface area contributed by atoms with Crippen LogP contribution in [-0.4, -0.2) is 28.1 Å². The topological polar surface area (TPSA) is 68.2 Å². The van der Waals surface area contributed by atoms with Crippen molar-refractivity contribution in [2.75, 3.05) is 13.1 Å². The van der Waals surface area contributed by atoms with Gasteiger partial charge in [-0.1, -0.05) is 65.3 Å². The van der Waals surface area contributed by atoms with Crippen molar-refractivity contribution in [2.45, 2.75) is 20.0 Å². The van der Waals surface area contributed by atoms with Gasteiger partial charge in [0, 0.05) is 25.2 Å². The molecule has 0 aliphatic carbocycles. The van der Waals surface area contributed by atoms with Crippen LogP contribution in [0.3, 0.4) is 0 Å². The molecule has 1 heterocycles. The monoisotopic (exact) mass is 322 g/mol. The summed E-state index contributed by atoms with van der Waals surface area (Å²) in [5, 5.41) is 4.09. The van der Waals surface area contributed by atoms with Crippen LogP contribution in [0.15, 0.2) is 59.1 Å². The van der Waals surface area contributed by atoms with E-state index in [-0.39, 0.29) is 0 Å². The Balaban J connectivity index is 1.70. The minimum Gasteiger partial charge on any atom is -0.338 e. The summed E-state index contributed by atoms with van der Waals surface area (Å²) in [4.78, 5) is 6.72. The third-order valence-electron chi connectivity index (χ3n) is 3.83. The second-order valence-electron chi connectivity index (χ2n) is 5.86. The van der Waals surface area contributed by atoms with Gasteiger partial charge in [-0.3, -0.25) is 4.90 Å². The first-order valence-electron chi connectivity index (χ1n) is 8.10. The molecule has 24 heavy (non-hydrogen) atoms. The lowest BCUT2D eigenvalue weighted by molar-refractivity contribution is 0.224. The zero-order valence-corrected chi connectivity index (χ0v) is 13.9. The van der Waals surface area contributed by atoms with E-state index in [1.54, 1.807) is 0 Å². The average Bonchev–Trinajstić information content (AvgIpc) is 3.05. The van der Waals surface area contributed by atoms with Gasteiger partial charge in [0.15, 0.2) is 0 Å². The van der Waals surface area contributed by atoms with E-state index in [9.17, 15) is 0 Å². The maximum absolute atomic E-state index is 5.74. The van der Waals surface area contributed by atoms with Crippen molar-refractivity contribution >= 4 is 0 Å². The SMILES string of the molecule is Cc1ccc(-c2noc(CN(CCN)Cc3ccccc3)n2)cc1. The van der Waals surface area contributed by atoms with E-state index in [0.29, 0.717) is 24.8 Å². The number of hydrogen-bond acceptors (Lipinski definition) is 5. The molecule has 1 aromatic heterocycles. The molecular weight excluding hydrogens is 300 g/mol. The van der Waals surface area contributed by atoms with Crippen molar-refractivity contribution in [3.05, 3.63) is 71.6 Å². The standard InChI is InChI=1S/C19H22N4O/c1-15-7-9-17(10-8-15)19-21-18(24-22-19)14-23(12-11-20)13-16-5-3-2-4-6-16/h2-10H,11-14,20H2,1H3. The molecule has 0 radical (unpaired) electrons. The third-order valence-corrected chi connectivity index (χ3v) is 3.83. The van der Waals surface area contributed by atoms with E-state index < -0.39 is 0 Å². The fourth-order valence-corrected chi connectivity index (χ4v) is 2.57. The highest BCUT2D eigenvalue weighted by atomic mass is 16.5. The highest BCUT2D eigenvalue weighted by Gasteiger charge is 2.13. The Kier molecular flexibility index (Phi) is 5.36. The molecule has 3 rings (SSSR count). The minimum atomic E-state index is 0.588. The van der Waals surface area contributed by atoms with Crippen LogP contribution in [-0.2, 0) is 13.1 Å². The van der Waals surface area contributed by atoms with Crippen LogP contribution in [0.1, 0.15) is 17.0 Å². The van der Waals surface area contributed by atoms with E-state index in [2.05, 4.69) is 34.1 Å². The highest BCUT2D eigenvalue weighted by molar-refractivity contribution is 5.54. The van der Waals surface area contributed by atoms with Crippen LogP contribution in [0.5, 0.6) is 0 Å². The van der Waals surface area contributed by atoms with Gasteiger partial charge in [-0.2, -0.15) is 4.98 Å². The molecule has 0 saturated heterocycles. The minimum absolute atomic E-state index is 0.588. The fourth-order valence-electron chi connectivity index (χ4n) is 2.57. The summed E-state index contributed by atoms with van der Waals surface area (Å²) in [7, 11) is 0. The quantitative estimate of drug-likeness (QED) is 0.724. The van der Waals surface area contributed by atoms with Gasteiger partial charge in [0.05, 0.1) is 6.54 Å². The summed E-state index contributed by atoms with van der Waals surface area (Å²) in [6.45, 7) is 4.81. The van der Waals surface area contributed by atoms with Crippen LogP contribution < -0.4 is 5.73 Å². The normalized spacial score (nSPS) is 11.1. The molecule has 3 aromatic rings. The van der Waals surface area contributed by atoms with Crippen molar-refractivity contribution in [2.24, 2.45) is 5.73 Å². The maximum Gasteiger partial charge on any atom is 0.241 e. The number of aryl methyl sites for hydroxylation is 1. The predicted molar refractivity (Wildman–Crippen MR) is 94.1 cm³/mol. The molecule has 0 aliphatic heterocycles.